The predicted molar refractivity (Wildman–Crippen MR) is 130 cm³/mol. The van der Waals surface area contributed by atoms with Gasteiger partial charge in [-0.05, 0) is 36.4 Å². The van der Waals surface area contributed by atoms with Gasteiger partial charge in [0.15, 0.2) is 5.60 Å². The van der Waals surface area contributed by atoms with E-state index >= 15 is 0 Å². The number of nitrogens with one attached hydrogen (secondary N) is 1. The Bertz CT molecular complexity index is 1350. The second-order valence-electron chi connectivity index (χ2n) is 9.30. The van der Waals surface area contributed by atoms with Gasteiger partial charge in [-0.3, -0.25) is 9.69 Å². The summed E-state index contributed by atoms with van der Waals surface area (Å²) >= 11 is 3.56. The molecular weight excluding hydrogens is 496 g/mol. The Morgan fingerprint density at radius 3 is 2.26 bits per heavy atom. The van der Waals surface area contributed by atoms with Crippen molar-refractivity contribution < 1.29 is 19.4 Å². The summed E-state index contributed by atoms with van der Waals surface area (Å²) in [5, 5.41) is 15.6. The Morgan fingerprint density at radius 2 is 1.65 bits per heavy atom. The van der Waals surface area contributed by atoms with Crippen LogP contribution in [0.25, 0.3) is 0 Å². The van der Waals surface area contributed by atoms with Gasteiger partial charge in [-0.1, -0.05) is 76.6 Å². The summed E-state index contributed by atoms with van der Waals surface area (Å²) < 4.78 is 6.05. The highest BCUT2D eigenvalue weighted by Gasteiger charge is 3.02. The standard InChI is InChI=1S/C27H23BrN2O4/c1-30-16-24(17-9-5-3-6-10-17)26(18-11-7-4-8-12-18,27(24,33)23(32)34-2)25(30)20-15-19(28)13-14-21(20)29-22(25)31/h3-15,33H,16H2,1-2H3,(H,29,31)/t24-,25-,26+,27-/m0/s1. The van der Waals surface area contributed by atoms with Gasteiger partial charge in [0.05, 0.1) is 17.9 Å². The predicted octanol–water partition coefficient (Wildman–Crippen LogP) is 3.34. The summed E-state index contributed by atoms with van der Waals surface area (Å²) in [7, 11) is 3.16. The molecule has 4 atom stereocenters. The van der Waals surface area contributed by atoms with E-state index in [0.717, 1.165) is 15.6 Å². The van der Waals surface area contributed by atoms with E-state index < -0.39 is 27.9 Å². The minimum atomic E-state index is -1.98. The van der Waals surface area contributed by atoms with Gasteiger partial charge >= 0.3 is 5.97 Å². The number of carbonyl (C=O) groups is 2. The van der Waals surface area contributed by atoms with Crippen LogP contribution in [-0.2, 0) is 30.7 Å². The summed E-state index contributed by atoms with van der Waals surface area (Å²) in [6.07, 6.45) is 0. The van der Waals surface area contributed by atoms with Crippen LogP contribution in [0.15, 0.2) is 83.3 Å². The van der Waals surface area contributed by atoms with Crippen LogP contribution in [0.3, 0.4) is 0 Å². The third-order valence-electron chi connectivity index (χ3n) is 8.23. The number of hydrogen-bond donors (Lipinski definition) is 2. The van der Waals surface area contributed by atoms with Crippen molar-refractivity contribution >= 4 is 33.5 Å². The SMILES string of the molecule is COC(=O)[C@]1(O)[C@]2(c3ccccc3)CN(C)[C@@]3(C(=O)Nc4ccc(Br)cc43)[C@]12c1ccccc1. The first-order valence-corrected chi connectivity index (χ1v) is 11.9. The number of esters is 1. The lowest BCUT2D eigenvalue weighted by molar-refractivity contribution is -0.160. The third-order valence-corrected chi connectivity index (χ3v) is 8.72. The molecule has 7 heteroatoms. The number of nitrogens with zero attached hydrogens (tertiary/aromatic N) is 1. The highest BCUT2D eigenvalue weighted by atomic mass is 79.9. The van der Waals surface area contributed by atoms with Crippen LogP contribution in [0.1, 0.15) is 16.7 Å². The molecule has 1 saturated heterocycles. The normalized spacial score (nSPS) is 33.4. The second kappa shape index (κ2) is 6.78. The molecule has 1 aliphatic carbocycles. The fourth-order valence-corrected chi connectivity index (χ4v) is 7.61. The Hall–Kier alpha value is -3.00. The average Bonchev–Trinajstić information content (AvgIpc) is 3.07. The largest absolute Gasteiger partial charge is 0.467 e. The number of hydrogen-bond acceptors (Lipinski definition) is 5. The van der Waals surface area contributed by atoms with Gasteiger partial charge in [-0.25, -0.2) is 4.79 Å². The highest BCUT2D eigenvalue weighted by Crippen LogP contribution is 2.84. The van der Waals surface area contributed by atoms with Gasteiger partial charge in [0.2, 0.25) is 0 Å². The maximum atomic E-state index is 14.1. The van der Waals surface area contributed by atoms with Crippen LogP contribution in [-0.4, -0.2) is 48.2 Å². The van der Waals surface area contributed by atoms with Crippen molar-refractivity contribution in [1.29, 1.82) is 0 Å². The number of likely N-dealkylation sites (N-methyl/N-ethyl adjacent to an activating group) is 1. The number of aliphatic hydroxyl groups is 1. The molecule has 2 fully saturated rings. The van der Waals surface area contributed by atoms with Gasteiger partial charge in [0.1, 0.15) is 5.54 Å². The van der Waals surface area contributed by atoms with Crippen LogP contribution in [0, 0.1) is 0 Å². The summed E-state index contributed by atoms with van der Waals surface area (Å²) in [5.74, 6) is -1.02. The van der Waals surface area contributed by atoms with Crippen molar-refractivity contribution in [3.05, 3.63) is 100 Å². The van der Waals surface area contributed by atoms with Crippen molar-refractivity contribution in [3.63, 3.8) is 0 Å². The summed E-state index contributed by atoms with van der Waals surface area (Å²) in [6, 6.07) is 24.5. The molecule has 3 aromatic rings. The number of benzene rings is 3. The first-order valence-electron chi connectivity index (χ1n) is 11.1. The maximum Gasteiger partial charge on any atom is 0.339 e. The molecule has 3 aliphatic rings. The molecular formula is C27H23BrN2O4. The van der Waals surface area contributed by atoms with E-state index in [1.165, 1.54) is 7.11 Å². The van der Waals surface area contributed by atoms with Gasteiger partial charge in [0, 0.05) is 22.3 Å². The lowest BCUT2D eigenvalue weighted by Crippen LogP contribution is -2.59. The Morgan fingerprint density at radius 1 is 1.03 bits per heavy atom. The van der Waals surface area contributed by atoms with Crippen molar-refractivity contribution in [2.24, 2.45) is 0 Å². The van der Waals surface area contributed by atoms with E-state index in [-0.39, 0.29) is 12.5 Å². The number of rotatable bonds is 3. The minimum absolute atomic E-state index is 0.274. The molecule has 0 bridgehead atoms. The van der Waals surface area contributed by atoms with Crippen molar-refractivity contribution in [1.82, 2.24) is 4.90 Å². The van der Waals surface area contributed by atoms with E-state index in [0.29, 0.717) is 11.3 Å². The van der Waals surface area contributed by atoms with E-state index in [2.05, 4.69) is 21.2 Å². The minimum Gasteiger partial charge on any atom is -0.467 e. The Balaban J connectivity index is 1.80. The maximum absolute atomic E-state index is 14.1. The molecule has 0 radical (unpaired) electrons. The molecule has 34 heavy (non-hydrogen) atoms. The number of methoxy groups -OCH3 is 1. The molecule has 1 saturated carbocycles. The lowest BCUT2D eigenvalue weighted by Gasteiger charge is -2.42. The molecule has 2 heterocycles. The van der Waals surface area contributed by atoms with Gasteiger partial charge < -0.3 is 15.2 Å². The zero-order valence-corrected chi connectivity index (χ0v) is 20.3. The molecule has 2 N–H and O–H groups in total. The average molecular weight is 519 g/mol. The van der Waals surface area contributed by atoms with Crippen molar-refractivity contribution in [3.8, 4) is 0 Å². The summed E-state index contributed by atoms with van der Waals surface area (Å²) in [5.41, 5.74) is -2.92. The molecule has 3 aromatic carbocycles. The zero-order valence-electron chi connectivity index (χ0n) is 18.7. The monoisotopic (exact) mass is 518 g/mol. The molecule has 1 spiro atoms. The zero-order chi connectivity index (χ0) is 23.9. The quantitative estimate of drug-likeness (QED) is 0.520. The van der Waals surface area contributed by atoms with Gasteiger partial charge in [0.25, 0.3) is 5.91 Å². The van der Waals surface area contributed by atoms with Crippen molar-refractivity contribution in [2.45, 2.75) is 22.0 Å². The van der Waals surface area contributed by atoms with E-state index in [1.807, 2.05) is 90.8 Å². The number of ether oxygens (including phenoxy) is 1. The molecule has 0 aromatic heterocycles. The van der Waals surface area contributed by atoms with Crippen molar-refractivity contribution in [2.75, 3.05) is 26.0 Å². The van der Waals surface area contributed by atoms with E-state index in [9.17, 15) is 14.7 Å². The Labute approximate surface area is 205 Å². The number of fused-ring (bicyclic) bond motifs is 4. The molecule has 1 amide bonds. The number of halogens is 1. The van der Waals surface area contributed by atoms with Crippen LogP contribution < -0.4 is 5.32 Å². The number of amides is 1. The summed E-state index contributed by atoms with van der Waals surface area (Å²) in [4.78, 5) is 29.7. The smallest absolute Gasteiger partial charge is 0.339 e. The van der Waals surface area contributed by atoms with E-state index in [1.54, 1.807) is 0 Å². The van der Waals surface area contributed by atoms with E-state index in [4.69, 9.17) is 4.74 Å². The lowest BCUT2D eigenvalue weighted by atomic mass is 9.68. The Kier molecular flexibility index (Phi) is 4.29. The van der Waals surface area contributed by atoms with Gasteiger partial charge in [-0.2, -0.15) is 0 Å². The number of likely N-dealkylation sites (tertiary alicyclic amines) is 1. The van der Waals surface area contributed by atoms with Crippen LogP contribution in [0.5, 0.6) is 0 Å². The summed E-state index contributed by atoms with van der Waals surface area (Å²) in [6.45, 7) is 0.275. The molecule has 6 rings (SSSR count). The molecule has 0 unspecified atom stereocenters. The van der Waals surface area contributed by atoms with Crippen LogP contribution in [0.2, 0.25) is 0 Å². The second-order valence-corrected chi connectivity index (χ2v) is 10.2. The molecule has 6 nitrogen and oxygen atoms in total. The third kappa shape index (κ3) is 1.99. The first-order chi connectivity index (χ1) is 16.3. The van der Waals surface area contributed by atoms with Gasteiger partial charge in [-0.15, -0.1) is 0 Å². The number of carbonyl (C=O) groups excluding carboxylic acids is 2. The molecule has 2 aliphatic heterocycles. The highest BCUT2D eigenvalue weighted by molar-refractivity contribution is 9.10. The number of piperidine rings is 1. The van der Waals surface area contributed by atoms with Crippen LogP contribution in [0.4, 0.5) is 5.69 Å². The number of anilines is 1. The first kappa shape index (κ1) is 21.5. The van der Waals surface area contributed by atoms with Crippen LogP contribution >= 0.6 is 15.9 Å². The fraction of sp³-hybridized carbons (Fsp3) is 0.259. The topological polar surface area (TPSA) is 78.9 Å². The molecule has 172 valence electrons. The fourth-order valence-electron chi connectivity index (χ4n) is 7.25.